The predicted octanol–water partition coefficient (Wildman–Crippen LogP) is 2.09. The molecule has 1 aliphatic heterocycles. The van der Waals surface area contributed by atoms with Gasteiger partial charge >= 0.3 is 0 Å². The van der Waals surface area contributed by atoms with Gasteiger partial charge in [-0.15, -0.1) is 0 Å². The Morgan fingerprint density at radius 1 is 1.33 bits per heavy atom. The minimum absolute atomic E-state index is 0.435. The number of fused-ring (bicyclic) bond motifs is 1. The molecule has 110 valence electrons. The third-order valence-electron chi connectivity index (χ3n) is 3.64. The topological polar surface area (TPSA) is 66.8 Å². The maximum atomic E-state index is 6.13. The Morgan fingerprint density at radius 2 is 2.19 bits per heavy atom. The van der Waals surface area contributed by atoms with Gasteiger partial charge in [-0.05, 0) is 12.0 Å². The lowest BCUT2D eigenvalue weighted by Gasteiger charge is -2.30. The number of hydrogen-bond donors (Lipinski definition) is 1. The van der Waals surface area contributed by atoms with E-state index in [-0.39, 0.29) is 0 Å². The maximum Gasteiger partial charge on any atom is 0.157 e. The maximum absolute atomic E-state index is 6.13. The van der Waals surface area contributed by atoms with Gasteiger partial charge < -0.3 is 10.2 Å². The van der Waals surface area contributed by atoms with Gasteiger partial charge in [0, 0.05) is 26.2 Å². The summed E-state index contributed by atoms with van der Waals surface area (Å²) in [6.45, 7) is 3.64. The molecule has 0 aliphatic carbocycles. The Kier molecular flexibility index (Phi) is 3.88. The molecule has 7 heteroatoms. The summed E-state index contributed by atoms with van der Waals surface area (Å²) >= 11 is 6.13. The summed E-state index contributed by atoms with van der Waals surface area (Å²) in [5.74, 6) is 1.70. The van der Waals surface area contributed by atoms with Crippen LogP contribution in [0.15, 0.2) is 12.5 Å². The summed E-state index contributed by atoms with van der Waals surface area (Å²) in [7, 11) is 1.82. The van der Waals surface area contributed by atoms with E-state index in [0.717, 1.165) is 42.4 Å². The molecular weight excluding hydrogens is 288 g/mol. The molecule has 3 heterocycles. The molecule has 3 rings (SSSR count). The standard InChI is InChI=1S/C14H17ClN6/c1-3-11-17-6-9-4-5-21(7-10(9)20-11)14-12(16-2)13(15)18-8-19-14/h6,8,16H,3-5,7H2,1-2H3. The van der Waals surface area contributed by atoms with Gasteiger partial charge in [0.2, 0.25) is 0 Å². The molecule has 0 saturated carbocycles. The van der Waals surface area contributed by atoms with Gasteiger partial charge in [0.25, 0.3) is 0 Å². The third kappa shape index (κ3) is 2.63. The molecule has 1 aliphatic rings. The van der Waals surface area contributed by atoms with E-state index in [0.29, 0.717) is 11.7 Å². The number of hydrogen-bond acceptors (Lipinski definition) is 6. The molecule has 0 fully saturated rings. The first kappa shape index (κ1) is 14.0. The van der Waals surface area contributed by atoms with Crippen molar-refractivity contribution in [3.05, 3.63) is 34.8 Å². The largest absolute Gasteiger partial charge is 0.383 e. The summed E-state index contributed by atoms with van der Waals surface area (Å²) in [4.78, 5) is 19.6. The van der Waals surface area contributed by atoms with Crippen LogP contribution in [-0.4, -0.2) is 33.5 Å². The normalized spacial score (nSPS) is 14.0. The van der Waals surface area contributed by atoms with Gasteiger partial charge in [-0.1, -0.05) is 18.5 Å². The smallest absolute Gasteiger partial charge is 0.157 e. The van der Waals surface area contributed by atoms with Crippen LogP contribution in [0.25, 0.3) is 0 Å². The fraction of sp³-hybridized carbons (Fsp3) is 0.429. The van der Waals surface area contributed by atoms with E-state index in [4.69, 9.17) is 11.6 Å². The zero-order valence-electron chi connectivity index (χ0n) is 12.1. The average molecular weight is 305 g/mol. The molecular formula is C14H17ClN6. The van der Waals surface area contributed by atoms with Crippen molar-refractivity contribution in [2.45, 2.75) is 26.3 Å². The summed E-state index contributed by atoms with van der Waals surface area (Å²) in [6.07, 6.45) is 5.19. The van der Waals surface area contributed by atoms with Gasteiger partial charge in [-0.2, -0.15) is 0 Å². The highest BCUT2D eigenvalue weighted by Gasteiger charge is 2.22. The van der Waals surface area contributed by atoms with Crippen LogP contribution in [0, 0.1) is 0 Å². The van der Waals surface area contributed by atoms with Gasteiger partial charge in [0.1, 0.15) is 17.8 Å². The van der Waals surface area contributed by atoms with E-state index < -0.39 is 0 Å². The summed E-state index contributed by atoms with van der Waals surface area (Å²) in [5, 5.41) is 3.51. The van der Waals surface area contributed by atoms with Crippen molar-refractivity contribution < 1.29 is 0 Å². The van der Waals surface area contributed by atoms with Crippen LogP contribution in [0.3, 0.4) is 0 Å². The van der Waals surface area contributed by atoms with Gasteiger partial charge in [0.15, 0.2) is 11.0 Å². The lowest BCUT2D eigenvalue weighted by molar-refractivity contribution is 0.684. The fourth-order valence-corrected chi connectivity index (χ4v) is 2.73. The number of nitrogens with zero attached hydrogens (tertiary/aromatic N) is 5. The highest BCUT2D eigenvalue weighted by molar-refractivity contribution is 6.32. The number of rotatable bonds is 3. The first-order chi connectivity index (χ1) is 10.2. The fourth-order valence-electron chi connectivity index (χ4n) is 2.51. The molecule has 21 heavy (non-hydrogen) atoms. The van der Waals surface area contributed by atoms with Gasteiger partial charge in [-0.25, -0.2) is 19.9 Å². The summed E-state index contributed by atoms with van der Waals surface area (Å²) in [5.41, 5.74) is 3.05. The molecule has 0 aromatic carbocycles. The first-order valence-electron chi connectivity index (χ1n) is 6.99. The van der Waals surface area contributed by atoms with Crippen molar-refractivity contribution in [2.75, 3.05) is 23.8 Å². The lowest BCUT2D eigenvalue weighted by Crippen LogP contribution is -2.32. The number of halogens is 1. The molecule has 0 spiro atoms. The molecule has 0 unspecified atom stereocenters. The summed E-state index contributed by atoms with van der Waals surface area (Å²) < 4.78 is 0. The van der Waals surface area contributed by atoms with E-state index in [1.165, 1.54) is 11.9 Å². The molecule has 0 saturated heterocycles. The van der Waals surface area contributed by atoms with Crippen molar-refractivity contribution in [1.82, 2.24) is 19.9 Å². The molecule has 2 aromatic heterocycles. The number of aromatic nitrogens is 4. The van der Waals surface area contributed by atoms with Crippen LogP contribution in [0.4, 0.5) is 11.5 Å². The Labute approximate surface area is 128 Å². The van der Waals surface area contributed by atoms with E-state index in [1.54, 1.807) is 0 Å². The number of anilines is 2. The van der Waals surface area contributed by atoms with Crippen molar-refractivity contribution in [1.29, 1.82) is 0 Å². The molecule has 2 aromatic rings. The molecule has 1 N–H and O–H groups in total. The monoisotopic (exact) mass is 304 g/mol. The molecule has 0 bridgehead atoms. The van der Waals surface area contributed by atoms with E-state index in [9.17, 15) is 0 Å². The van der Waals surface area contributed by atoms with Crippen LogP contribution < -0.4 is 10.2 Å². The highest BCUT2D eigenvalue weighted by atomic mass is 35.5. The van der Waals surface area contributed by atoms with E-state index in [2.05, 4.69) is 37.1 Å². The lowest BCUT2D eigenvalue weighted by atomic mass is 10.1. The van der Waals surface area contributed by atoms with Crippen molar-refractivity contribution in [2.24, 2.45) is 0 Å². The summed E-state index contributed by atoms with van der Waals surface area (Å²) in [6, 6.07) is 0. The van der Waals surface area contributed by atoms with Crippen LogP contribution >= 0.6 is 11.6 Å². The molecule has 0 radical (unpaired) electrons. The van der Waals surface area contributed by atoms with E-state index >= 15 is 0 Å². The van der Waals surface area contributed by atoms with Crippen LogP contribution in [-0.2, 0) is 19.4 Å². The second-order valence-corrected chi connectivity index (χ2v) is 5.25. The second kappa shape index (κ2) is 5.81. The average Bonchev–Trinajstić information content (AvgIpc) is 2.53. The molecule has 6 nitrogen and oxygen atoms in total. The Morgan fingerprint density at radius 3 is 2.95 bits per heavy atom. The van der Waals surface area contributed by atoms with Crippen molar-refractivity contribution >= 4 is 23.1 Å². The quantitative estimate of drug-likeness (QED) is 0.876. The van der Waals surface area contributed by atoms with Crippen LogP contribution in [0.2, 0.25) is 5.15 Å². The van der Waals surface area contributed by atoms with E-state index in [1.807, 2.05) is 13.2 Å². The van der Waals surface area contributed by atoms with Crippen molar-refractivity contribution in [3.8, 4) is 0 Å². The van der Waals surface area contributed by atoms with Gasteiger partial charge in [-0.3, -0.25) is 0 Å². The minimum atomic E-state index is 0.435. The minimum Gasteiger partial charge on any atom is -0.383 e. The molecule has 0 amide bonds. The molecule has 0 atom stereocenters. The number of aryl methyl sites for hydroxylation is 1. The van der Waals surface area contributed by atoms with Crippen LogP contribution in [0.1, 0.15) is 24.0 Å². The Bertz CT molecular complexity index is 660. The third-order valence-corrected chi connectivity index (χ3v) is 3.93. The number of nitrogens with one attached hydrogen (secondary N) is 1. The van der Waals surface area contributed by atoms with Crippen LogP contribution in [0.5, 0.6) is 0 Å². The predicted molar refractivity (Wildman–Crippen MR) is 82.8 cm³/mol. The van der Waals surface area contributed by atoms with Crippen molar-refractivity contribution in [3.63, 3.8) is 0 Å². The van der Waals surface area contributed by atoms with Gasteiger partial charge in [0.05, 0.1) is 12.2 Å². The highest BCUT2D eigenvalue weighted by Crippen LogP contribution is 2.31. The zero-order chi connectivity index (χ0) is 14.8. The SMILES string of the molecule is CCc1ncc2c(n1)CN(c1ncnc(Cl)c1NC)CC2. The second-order valence-electron chi connectivity index (χ2n) is 4.90. The zero-order valence-corrected chi connectivity index (χ0v) is 12.9. The Hall–Kier alpha value is -1.95. The first-order valence-corrected chi connectivity index (χ1v) is 7.37. The Balaban J connectivity index is 1.94.